The molecule has 1 aromatic carbocycles. The number of hydrogen-bond acceptors (Lipinski definition) is 10. The van der Waals surface area contributed by atoms with Gasteiger partial charge in [-0.25, -0.2) is 9.59 Å². The number of esters is 1. The lowest BCUT2D eigenvalue weighted by molar-refractivity contribution is -0.152. The molecule has 6 atom stereocenters. The Kier molecular flexibility index (Phi) is 10.5. The molecule has 1 aromatic rings. The summed E-state index contributed by atoms with van der Waals surface area (Å²) in [5.41, 5.74) is 1.01. The minimum absolute atomic E-state index is 0.0259. The van der Waals surface area contributed by atoms with Crippen LogP contribution in [0, 0.1) is 12.8 Å². The molecule has 2 fully saturated rings. The first kappa shape index (κ1) is 35.1. The molecule has 250 valence electrons. The van der Waals surface area contributed by atoms with Crippen molar-refractivity contribution >= 4 is 23.8 Å². The highest BCUT2D eigenvalue weighted by molar-refractivity contribution is 5.97. The van der Waals surface area contributed by atoms with Crippen LogP contribution in [-0.4, -0.2) is 78.1 Å². The Morgan fingerprint density at radius 3 is 2.42 bits per heavy atom. The van der Waals surface area contributed by atoms with Gasteiger partial charge in [0.15, 0.2) is 11.6 Å². The topological polar surface area (TPSA) is 122 Å². The highest BCUT2D eigenvalue weighted by Crippen LogP contribution is 2.34. The van der Waals surface area contributed by atoms with Gasteiger partial charge < -0.3 is 33.5 Å². The van der Waals surface area contributed by atoms with Gasteiger partial charge in [-0.1, -0.05) is 31.2 Å². The first-order chi connectivity index (χ1) is 20.8. The molecule has 11 heteroatoms. The van der Waals surface area contributed by atoms with Gasteiger partial charge in [-0.3, -0.25) is 4.84 Å². The van der Waals surface area contributed by atoms with Crippen molar-refractivity contribution < 1.29 is 48.0 Å². The predicted octanol–water partition coefficient (Wildman–Crippen LogP) is 5.86. The van der Waals surface area contributed by atoms with Gasteiger partial charge in [0, 0.05) is 5.92 Å². The molecule has 3 aliphatic heterocycles. The van der Waals surface area contributed by atoms with E-state index in [1.54, 1.807) is 58.9 Å². The Bertz CT molecular complexity index is 1300. The molecule has 4 rings (SSSR count). The van der Waals surface area contributed by atoms with Gasteiger partial charge >= 0.3 is 12.1 Å². The monoisotopic (exact) mass is 631 g/mol. The van der Waals surface area contributed by atoms with Crippen LogP contribution in [0.1, 0.15) is 90.2 Å². The van der Waals surface area contributed by atoms with Gasteiger partial charge in [0.1, 0.15) is 36.6 Å². The first-order valence-corrected chi connectivity index (χ1v) is 15.6. The summed E-state index contributed by atoms with van der Waals surface area (Å²) in [5.74, 6) is -2.33. The van der Waals surface area contributed by atoms with Crippen LogP contribution in [0.3, 0.4) is 0 Å². The maximum atomic E-state index is 13.6. The second-order valence-electron chi connectivity index (χ2n) is 13.9. The Hall–Kier alpha value is -2.80. The number of ether oxygens (including phenoxy) is 6. The number of carbonyl (C=O) groups excluding carboxylic acids is 2. The molecule has 0 unspecified atom stereocenters. The van der Waals surface area contributed by atoms with E-state index in [2.05, 4.69) is 0 Å². The summed E-state index contributed by atoms with van der Waals surface area (Å²) < 4.78 is 35.3. The van der Waals surface area contributed by atoms with E-state index in [1.807, 2.05) is 46.8 Å². The second kappa shape index (κ2) is 13.5. The van der Waals surface area contributed by atoms with E-state index in [0.717, 1.165) is 5.06 Å². The second-order valence-corrected chi connectivity index (χ2v) is 13.9. The lowest BCUT2D eigenvalue weighted by atomic mass is 9.97. The summed E-state index contributed by atoms with van der Waals surface area (Å²) >= 11 is 0. The summed E-state index contributed by atoms with van der Waals surface area (Å²) in [6, 6.07) is 3.37. The number of hydroxylamine groups is 1. The SMILES string of the molecule is Cc1cc(N(OC[C@H]2COC(C)(C)O2)C(=O)OC(C)(C)C)cc2c1C(=O)O[C@@H](C)[C@H](C)/C=C\[C@@H](O)[C@H]1OC(C)(C)O[C@H]1C/C=C/2. The summed E-state index contributed by atoms with van der Waals surface area (Å²) in [4.78, 5) is 33.1. The van der Waals surface area contributed by atoms with E-state index in [0.29, 0.717) is 35.4 Å². The van der Waals surface area contributed by atoms with E-state index in [9.17, 15) is 14.7 Å². The maximum Gasteiger partial charge on any atom is 0.439 e. The predicted molar refractivity (Wildman–Crippen MR) is 167 cm³/mol. The normalized spacial score (nSPS) is 31.2. The molecule has 0 saturated carbocycles. The molecular formula is C34H49NO10. The zero-order valence-corrected chi connectivity index (χ0v) is 28.1. The van der Waals surface area contributed by atoms with Crippen molar-refractivity contribution in [1.82, 2.24) is 0 Å². The van der Waals surface area contributed by atoms with Crippen LogP contribution in [0.4, 0.5) is 10.5 Å². The number of anilines is 1. The Balaban J connectivity index is 1.73. The standard InChI is InChI=1S/C34H49NO10/c1-20-14-15-26(36)29-27(43-34(9,10)44-29)13-11-12-23-17-24(16-21(2)28(23)30(37)41-22(20)3)35(31(38)45-32(4,5)6)40-19-25-18-39-33(7,8)42-25/h11-12,14-17,20,22,25-27,29,36H,13,18-19H2,1-10H3/b12-11+,15-14-/t20-,22+,25-,26-,27+,29-/m1/s1. The van der Waals surface area contributed by atoms with E-state index >= 15 is 0 Å². The average Bonchev–Trinajstić information content (AvgIpc) is 3.42. The third kappa shape index (κ3) is 9.15. The Morgan fingerprint density at radius 2 is 1.78 bits per heavy atom. The number of fused-ring (bicyclic) bond motifs is 2. The van der Waals surface area contributed by atoms with Gasteiger partial charge in [-0.05, 0) is 92.0 Å². The molecule has 1 N–H and O–H groups in total. The lowest BCUT2D eigenvalue weighted by Gasteiger charge is -2.28. The molecule has 0 radical (unpaired) electrons. The molecule has 0 aliphatic carbocycles. The molecule has 0 bridgehead atoms. The lowest BCUT2D eigenvalue weighted by Crippen LogP contribution is -2.39. The number of amides is 1. The van der Waals surface area contributed by atoms with Crippen LogP contribution in [-0.2, 0) is 33.3 Å². The van der Waals surface area contributed by atoms with Gasteiger partial charge in [0.05, 0.1) is 24.0 Å². The molecule has 0 aromatic heterocycles. The Morgan fingerprint density at radius 1 is 1.07 bits per heavy atom. The van der Waals surface area contributed by atoms with Gasteiger partial charge in [0.2, 0.25) is 0 Å². The molecule has 45 heavy (non-hydrogen) atoms. The minimum atomic E-state index is -0.918. The van der Waals surface area contributed by atoms with E-state index < -0.39 is 59.8 Å². The van der Waals surface area contributed by atoms with Crippen molar-refractivity contribution in [2.45, 2.75) is 123 Å². The molecular weight excluding hydrogens is 582 g/mol. The summed E-state index contributed by atoms with van der Waals surface area (Å²) in [7, 11) is 0. The van der Waals surface area contributed by atoms with Crippen LogP contribution in [0.15, 0.2) is 30.4 Å². The number of aliphatic hydroxyl groups is 1. The van der Waals surface area contributed by atoms with Gasteiger partial charge in [-0.2, -0.15) is 5.06 Å². The van der Waals surface area contributed by atoms with Gasteiger partial charge in [0.25, 0.3) is 0 Å². The number of aliphatic hydroxyl groups excluding tert-OH is 1. The van der Waals surface area contributed by atoms with Crippen LogP contribution in [0.25, 0.3) is 6.08 Å². The van der Waals surface area contributed by atoms with Crippen molar-refractivity contribution in [3.05, 3.63) is 47.1 Å². The third-order valence-electron chi connectivity index (χ3n) is 7.67. The number of nitrogens with zero attached hydrogens (tertiary/aromatic N) is 1. The van der Waals surface area contributed by atoms with Crippen molar-refractivity contribution in [2.75, 3.05) is 18.3 Å². The summed E-state index contributed by atoms with van der Waals surface area (Å²) in [5, 5.41) is 12.0. The maximum absolute atomic E-state index is 13.6. The molecule has 1 amide bonds. The summed E-state index contributed by atoms with van der Waals surface area (Å²) in [6.45, 7) is 18.4. The smallest absolute Gasteiger partial charge is 0.439 e. The quantitative estimate of drug-likeness (QED) is 0.246. The zero-order chi connectivity index (χ0) is 33.3. The van der Waals surface area contributed by atoms with Crippen molar-refractivity contribution in [1.29, 1.82) is 0 Å². The average molecular weight is 632 g/mol. The van der Waals surface area contributed by atoms with Crippen LogP contribution in [0.5, 0.6) is 0 Å². The van der Waals surface area contributed by atoms with Crippen molar-refractivity contribution in [3.8, 4) is 0 Å². The third-order valence-corrected chi connectivity index (χ3v) is 7.67. The fraction of sp³-hybridized carbons (Fsp3) is 0.647. The number of carbonyl (C=O) groups is 2. The Labute approximate surface area is 266 Å². The van der Waals surface area contributed by atoms with Crippen molar-refractivity contribution in [3.63, 3.8) is 0 Å². The highest BCUT2D eigenvalue weighted by atomic mass is 16.8. The minimum Gasteiger partial charge on any atom is -0.458 e. The molecule has 2 saturated heterocycles. The highest BCUT2D eigenvalue weighted by Gasteiger charge is 2.43. The number of rotatable bonds is 4. The number of cyclic esters (lactones) is 1. The number of benzene rings is 1. The fourth-order valence-electron chi connectivity index (χ4n) is 5.42. The van der Waals surface area contributed by atoms with Crippen LogP contribution < -0.4 is 5.06 Å². The van der Waals surface area contributed by atoms with Crippen LogP contribution >= 0.6 is 0 Å². The molecule has 3 heterocycles. The number of aryl methyl sites for hydroxylation is 1. The zero-order valence-electron chi connectivity index (χ0n) is 28.1. The largest absolute Gasteiger partial charge is 0.458 e. The molecule has 3 aliphatic rings. The van der Waals surface area contributed by atoms with Gasteiger partial charge in [-0.15, -0.1) is 0 Å². The first-order valence-electron chi connectivity index (χ1n) is 15.6. The molecule has 0 spiro atoms. The van der Waals surface area contributed by atoms with E-state index in [-0.39, 0.29) is 12.5 Å². The number of hydrogen-bond donors (Lipinski definition) is 1. The van der Waals surface area contributed by atoms with Crippen LogP contribution in [0.2, 0.25) is 0 Å². The molecule has 11 nitrogen and oxygen atoms in total. The van der Waals surface area contributed by atoms with E-state index in [4.69, 9.17) is 33.3 Å². The van der Waals surface area contributed by atoms with Crippen molar-refractivity contribution in [2.24, 2.45) is 5.92 Å². The fourth-order valence-corrected chi connectivity index (χ4v) is 5.42. The van der Waals surface area contributed by atoms with E-state index in [1.165, 1.54) is 0 Å². The summed E-state index contributed by atoms with van der Waals surface area (Å²) in [6.07, 6.45) is 3.96.